The molecule has 0 aromatic heterocycles. The lowest BCUT2D eigenvalue weighted by atomic mass is 10.2. The molecule has 4 heteroatoms. The number of rotatable bonds is 4. The van der Waals surface area contributed by atoms with Crippen LogP contribution in [-0.4, -0.2) is 7.05 Å². The summed E-state index contributed by atoms with van der Waals surface area (Å²) < 4.78 is 8.12. The SMILES string of the molecule is CNCc1ccc(Br)cc1Oc1ccccc1I. The highest BCUT2D eigenvalue weighted by molar-refractivity contribution is 14.1. The molecule has 0 radical (unpaired) electrons. The zero-order valence-electron chi connectivity index (χ0n) is 9.91. The Morgan fingerprint density at radius 2 is 1.94 bits per heavy atom. The Hall–Kier alpha value is -0.590. The molecule has 0 saturated heterocycles. The van der Waals surface area contributed by atoms with Gasteiger partial charge in [-0.05, 0) is 53.9 Å². The second-order valence-corrected chi connectivity index (χ2v) is 5.89. The molecule has 94 valence electrons. The number of halogens is 2. The Kier molecular flexibility index (Phi) is 5.03. The lowest BCUT2D eigenvalue weighted by molar-refractivity contribution is 0.470. The maximum Gasteiger partial charge on any atom is 0.140 e. The van der Waals surface area contributed by atoms with E-state index >= 15 is 0 Å². The van der Waals surface area contributed by atoms with Crippen molar-refractivity contribution in [3.63, 3.8) is 0 Å². The van der Waals surface area contributed by atoms with Gasteiger partial charge in [-0.25, -0.2) is 0 Å². The van der Waals surface area contributed by atoms with Crippen molar-refractivity contribution in [2.24, 2.45) is 0 Å². The van der Waals surface area contributed by atoms with Gasteiger partial charge < -0.3 is 10.1 Å². The molecule has 0 spiro atoms. The zero-order valence-corrected chi connectivity index (χ0v) is 13.7. The third-order valence-corrected chi connectivity index (χ3v) is 3.84. The van der Waals surface area contributed by atoms with Crippen LogP contribution in [0, 0.1) is 3.57 Å². The highest BCUT2D eigenvalue weighted by Gasteiger charge is 2.07. The van der Waals surface area contributed by atoms with E-state index in [4.69, 9.17) is 4.74 Å². The topological polar surface area (TPSA) is 21.3 Å². The monoisotopic (exact) mass is 417 g/mol. The smallest absolute Gasteiger partial charge is 0.140 e. The fourth-order valence-electron chi connectivity index (χ4n) is 1.61. The first-order chi connectivity index (χ1) is 8.70. The van der Waals surface area contributed by atoms with Crippen LogP contribution in [0.25, 0.3) is 0 Å². The predicted octanol–water partition coefficient (Wildman–Crippen LogP) is 4.57. The van der Waals surface area contributed by atoms with Crippen molar-refractivity contribution in [1.29, 1.82) is 0 Å². The zero-order chi connectivity index (χ0) is 13.0. The van der Waals surface area contributed by atoms with Crippen LogP contribution in [-0.2, 0) is 6.54 Å². The first-order valence-electron chi connectivity index (χ1n) is 5.56. The van der Waals surface area contributed by atoms with Crippen molar-refractivity contribution in [1.82, 2.24) is 5.32 Å². The van der Waals surface area contributed by atoms with Gasteiger partial charge in [0.15, 0.2) is 0 Å². The Bertz CT molecular complexity index is 545. The second kappa shape index (κ2) is 6.54. The number of para-hydroxylation sites is 1. The van der Waals surface area contributed by atoms with Crippen LogP contribution in [0.4, 0.5) is 0 Å². The quantitative estimate of drug-likeness (QED) is 0.736. The third-order valence-electron chi connectivity index (χ3n) is 2.45. The fourth-order valence-corrected chi connectivity index (χ4v) is 2.44. The number of nitrogens with one attached hydrogen (secondary N) is 1. The van der Waals surface area contributed by atoms with E-state index in [0.29, 0.717) is 0 Å². The molecular weight excluding hydrogens is 405 g/mol. The molecule has 0 fully saturated rings. The average molecular weight is 418 g/mol. The van der Waals surface area contributed by atoms with Crippen LogP contribution in [0.3, 0.4) is 0 Å². The highest BCUT2D eigenvalue weighted by atomic mass is 127. The largest absolute Gasteiger partial charge is 0.456 e. The molecule has 18 heavy (non-hydrogen) atoms. The van der Waals surface area contributed by atoms with Gasteiger partial charge in [0.2, 0.25) is 0 Å². The van der Waals surface area contributed by atoms with Gasteiger partial charge in [0.1, 0.15) is 11.5 Å². The number of hydrogen-bond acceptors (Lipinski definition) is 2. The van der Waals surface area contributed by atoms with Crippen LogP contribution in [0.5, 0.6) is 11.5 Å². The lowest BCUT2D eigenvalue weighted by Crippen LogP contribution is -2.06. The van der Waals surface area contributed by atoms with Crippen molar-refractivity contribution in [2.75, 3.05) is 7.05 Å². The van der Waals surface area contributed by atoms with E-state index < -0.39 is 0 Å². The van der Waals surface area contributed by atoms with Gasteiger partial charge in [0.25, 0.3) is 0 Å². The first-order valence-corrected chi connectivity index (χ1v) is 7.43. The molecule has 0 heterocycles. The molecular formula is C14H13BrINO. The Morgan fingerprint density at radius 3 is 2.67 bits per heavy atom. The summed E-state index contributed by atoms with van der Waals surface area (Å²) in [5.74, 6) is 1.76. The summed E-state index contributed by atoms with van der Waals surface area (Å²) in [7, 11) is 1.93. The maximum atomic E-state index is 6.00. The molecule has 0 amide bonds. The van der Waals surface area contributed by atoms with E-state index in [1.54, 1.807) is 0 Å². The molecule has 2 aromatic carbocycles. The van der Waals surface area contributed by atoms with Crippen molar-refractivity contribution < 1.29 is 4.74 Å². The average Bonchev–Trinajstić information content (AvgIpc) is 2.36. The summed E-state index contributed by atoms with van der Waals surface area (Å²) in [4.78, 5) is 0. The van der Waals surface area contributed by atoms with Crippen molar-refractivity contribution >= 4 is 38.5 Å². The minimum Gasteiger partial charge on any atom is -0.456 e. The van der Waals surface area contributed by atoms with Gasteiger partial charge in [-0.2, -0.15) is 0 Å². The van der Waals surface area contributed by atoms with Gasteiger partial charge >= 0.3 is 0 Å². The van der Waals surface area contributed by atoms with Crippen molar-refractivity contribution in [3.8, 4) is 11.5 Å². The molecule has 0 aliphatic rings. The van der Waals surface area contributed by atoms with E-state index in [0.717, 1.165) is 31.7 Å². The van der Waals surface area contributed by atoms with Gasteiger partial charge in [0.05, 0.1) is 3.57 Å². The summed E-state index contributed by atoms with van der Waals surface area (Å²) in [5.41, 5.74) is 1.14. The molecule has 0 saturated carbocycles. The number of ether oxygens (including phenoxy) is 1. The van der Waals surface area contributed by atoms with Gasteiger partial charge in [0, 0.05) is 16.6 Å². The van der Waals surface area contributed by atoms with E-state index in [1.165, 1.54) is 0 Å². The van der Waals surface area contributed by atoms with E-state index in [9.17, 15) is 0 Å². The molecule has 2 nitrogen and oxygen atoms in total. The van der Waals surface area contributed by atoms with Crippen LogP contribution in [0.15, 0.2) is 46.9 Å². The van der Waals surface area contributed by atoms with Gasteiger partial charge in [-0.3, -0.25) is 0 Å². The van der Waals surface area contributed by atoms with Crippen LogP contribution in [0.1, 0.15) is 5.56 Å². The lowest BCUT2D eigenvalue weighted by Gasteiger charge is -2.12. The van der Waals surface area contributed by atoms with Crippen molar-refractivity contribution in [3.05, 3.63) is 56.1 Å². The standard InChI is InChI=1S/C14H13BrINO/c1-17-9-10-6-7-11(15)8-14(10)18-13-5-3-2-4-12(13)16/h2-8,17H,9H2,1H3. The molecule has 0 aliphatic carbocycles. The van der Waals surface area contributed by atoms with Crippen LogP contribution >= 0.6 is 38.5 Å². The first kappa shape index (κ1) is 13.8. The van der Waals surface area contributed by atoms with Crippen LogP contribution < -0.4 is 10.1 Å². The van der Waals surface area contributed by atoms with E-state index in [1.807, 2.05) is 43.4 Å². The predicted molar refractivity (Wildman–Crippen MR) is 86.1 cm³/mol. The van der Waals surface area contributed by atoms with Crippen LogP contribution in [0.2, 0.25) is 0 Å². The third kappa shape index (κ3) is 3.46. The van der Waals surface area contributed by atoms with Gasteiger partial charge in [-0.15, -0.1) is 0 Å². The van der Waals surface area contributed by atoms with E-state index in [-0.39, 0.29) is 0 Å². The second-order valence-electron chi connectivity index (χ2n) is 3.81. The highest BCUT2D eigenvalue weighted by Crippen LogP contribution is 2.31. The minimum atomic E-state index is 0.784. The Morgan fingerprint density at radius 1 is 1.17 bits per heavy atom. The molecule has 1 N–H and O–H groups in total. The number of benzene rings is 2. The minimum absolute atomic E-state index is 0.784. The molecule has 2 aromatic rings. The molecule has 0 atom stereocenters. The normalized spacial score (nSPS) is 10.4. The van der Waals surface area contributed by atoms with E-state index in [2.05, 4.69) is 49.9 Å². The summed E-state index contributed by atoms with van der Waals surface area (Å²) in [5, 5.41) is 3.15. The summed E-state index contributed by atoms with van der Waals surface area (Å²) >= 11 is 5.75. The molecule has 0 bridgehead atoms. The molecule has 0 aliphatic heterocycles. The fraction of sp³-hybridized carbons (Fsp3) is 0.143. The van der Waals surface area contributed by atoms with Crippen molar-refractivity contribution in [2.45, 2.75) is 6.54 Å². The Balaban J connectivity index is 2.33. The van der Waals surface area contributed by atoms with Gasteiger partial charge in [-0.1, -0.05) is 34.1 Å². The maximum absolute atomic E-state index is 6.00. The molecule has 0 unspecified atom stereocenters. The summed E-state index contributed by atoms with van der Waals surface area (Å²) in [6.45, 7) is 0.784. The molecule has 2 rings (SSSR count). The number of hydrogen-bond donors (Lipinski definition) is 1. The summed E-state index contributed by atoms with van der Waals surface area (Å²) in [6.07, 6.45) is 0. The Labute approximate surface area is 129 Å². The summed E-state index contributed by atoms with van der Waals surface area (Å²) in [6, 6.07) is 14.1.